The number of hydrogen-bond donors (Lipinski definition) is 2. The molecule has 0 aliphatic carbocycles. The molecule has 2 amide bonds. The van der Waals surface area contributed by atoms with Crippen molar-refractivity contribution in [3.05, 3.63) is 63.9 Å². The van der Waals surface area contributed by atoms with Crippen LogP contribution < -0.4 is 21.1 Å². The van der Waals surface area contributed by atoms with Crippen molar-refractivity contribution < 1.29 is 14.3 Å². The van der Waals surface area contributed by atoms with Gasteiger partial charge < -0.3 is 19.9 Å². The Kier molecular flexibility index (Phi) is 5.97. The molecule has 8 nitrogen and oxygen atoms in total. The lowest BCUT2D eigenvalue weighted by molar-refractivity contribution is -0.113. The monoisotopic (exact) mass is 504 g/mol. The zero-order valence-electron chi connectivity index (χ0n) is 20.1. The van der Waals surface area contributed by atoms with E-state index >= 15 is 0 Å². The Labute approximate surface area is 213 Å². The number of ether oxygens (including phenoxy) is 1. The predicted octanol–water partition coefficient (Wildman–Crippen LogP) is 4.06. The molecule has 0 unspecified atom stereocenters. The second kappa shape index (κ2) is 9.29. The number of anilines is 2. The molecule has 1 fully saturated rings. The van der Waals surface area contributed by atoms with Crippen LogP contribution in [0.15, 0.2) is 52.2 Å². The summed E-state index contributed by atoms with van der Waals surface area (Å²) >= 11 is 1.50. The first kappa shape index (κ1) is 23.1. The number of nitrogens with one attached hydrogen (secondary N) is 2. The third kappa shape index (κ3) is 4.06. The maximum absolute atomic E-state index is 12.6. The molecular formula is C27H28N4O4S. The number of hydrogen-bond acceptors (Lipinski definition) is 6. The number of nitrogens with zero attached hydrogens (tertiary/aromatic N) is 2. The number of cyclic esters (lactones) is 1. The molecular weight excluding hydrogens is 476 g/mol. The van der Waals surface area contributed by atoms with Crippen LogP contribution in [0.1, 0.15) is 36.9 Å². The SMILES string of the molecule is CCc1ccc2ccc(=O)n3c2c1[C@@H](NCCC[C@@H]1CN(c2ccc4c(c2)NC(=O)CS4)C(=O)O1)C3. The fourth-order valence-corrected chi connectivity index (χ4v) is 6.30. The highest BCUT2D eigenvalue weighted by atomic mass is 32.2. The van der Waals surface area contributed by atoms with Gasteiger partial charge in [0.1, 0.15) is 6.10 Å². The second-order valence-electron chi connectivity index (χ2n) is 9.49. The lowest BCUT2D eigenvalue weighted by atomic mass is 9.97. The van der Waals surface area contributed by atoms with Crippen molar-refractivity contribution in [3.63, 3.8) is 0 Å². The minimum absolute atomic E-state index is 0.0310. The smallest absolute Gasteiger partial charge is 0.414 e. The summed E-state index contributed by atoms with van der Waals surface area (Å²) in [5.74, 6) is 0.379. The highest BCUT2D eigenvalue weighted by Gasteiger charge is 2.33. The van der Waals surface area contributed by atoms with Gasteiger partial charge in [0.05, 0.1) is 29.5 Å². The molecule has 0 bridgehead atoms. The van der Waals surface area contributed by atoms with Gasteiger partial charge in [0.15, 0.2) is 0 Å². The second-order valence-corrected chi connectivity index (χ2v) is 10.5. The van der Waals surface area contributed by atoms with Crippen molar-refractivity contribution in [2.45, 2.75) is 49.8 Å². The maximum Gasteiger partial charge on any atom is 0.414 e. The summed E-state index contributed by atoms with van der Waals surface area (Å²) in [6, 6.07) is 13.6. The van der Waals surface area contributed by atoms with Gasteiger partial charge in [-0.15, -0.1) is 11.8 Å². The average Bonchev–Trinajstić information content (AvgIpc) is 3.45. The fourth-order valence-electron chi connectivity index (χ4n) is 5.51. The van der Waals surface area contributed by atoms with Gasteiger partial charge in [-0.3, -0.25) is 14.5 Å². The summed E-state index contributed by atoms with van der Waals surface area (Å²) < 4.78 is 7.52. The number of benzene rings is 2. The highest BCUT2D eigenvalue weighted by molar-refractivity contribution is 8.00. The Bertz CT molecular complexity index is 1440. The first-order valence-corrected chi connectivity index (χ1v) is 13.4. The fraction of sp³-hybridized carbons (Fsp3) is 0.370. The molecule has 4 heterocycles. The molecule has 0 spiro atoms. The molecule has 9 heteroatoms. The summed E-state index contributed by atoms with van der Waals surface area (Å²) in [5.41, 5.74) is 5.09. The van der Waals surface area contributed by atoms with Crippen molar-refractivity contribution in [1.29, 1.82) is 0 Å². The molecule has 0 saturated carbocycles. The van der Waals surface area contributed by atoms with Crippen LogP contribution in [0, 0.1) is 0 Å². The molecule has 186 valence electrons. The Balaban J connectivity index is 1.07. The number of fused-ring (bicyclic) bond motifs is 1. The normalized spacial score (nSPS) is 20.5. The molecule has 1 saturated heterocycles. The Morgan fingerprint density at radius 2 is 1.97 bits per heavy atom. The van der Waals surface area contributed by atoms with E-state index in [9.17, 15) is 14.4 Å². The number of thioether (sulfide) groups is 1. The quantitative estimate of drug-likeness (QED) is 0.472. The molecule has 2 aromatic carbocycles. The van der Waals surface area contributed by atoms with E-state index in [1.165, 1.54) is 22.9 Å². The van der Waals surface area contributed by atoms with Gasteiger partial charge in [-0.2, -0.15) is 0 Å². The number of carbonyl (C=O) groups excluding carboxylic acids is 2. The topological polar surface area (TPSA) is 92.7 Å². The molecule has 2 atom stereocenters. The van der Waals surface area contributed by atoms with Gasteiger partial charge in [0, 0.05) is 23.2 Å². The summed E-state index contributed by atoms with van der Waals surface area (Å²) in [7, 11) is 0. The lowest BCUT2D eigenvalue weighted by Gasteiger charge is -2.20. The van der Waals surface area contributed by atoms with Gasteiger partial charge in [0.25, 0.3) is 5.56 Å². The van der Waals surface area contributed by atoms with E-state index in [-0.39, 0.29) is 29.7 Å². The first-order valence-electron chi connectivity index (χ1n) is 12.5. The molecule has 0 radical (unpaired) electrons. The highest BCUT2D eigenvalue weighted by Crippen LogP contribution is 2.36. The Hall–Kier alpha value is -3.30. The minimum Gasteiger partial charge on any atom is -0.444 e. The molecule has 3 aliphatic heterocycles. The summed E-state index contributed by atoms with van der Waals surface area (Å²) in [5, 5.41) is 7.63. The van der Waals surface area contributed by atoms with E-state index in [2.05, 4.69) is 29.7 Å². The van der Waals surface area contributed by atoms with Crippen LogP contribution in [0.2, 0.25) is 0 Å². The van der Waals surface area contributed by atoms with Crippen molar-refractivity contribution in [1.82, 2.24) is 9.88 Å². The van der Waals surface area contributed by atoms with Crippen LogP contribution in [0.3, 0.4) is 0 Å². The van der Waals surface area contributed by atoms with Gasteiger partial charge in [-0.05, 0) is 66.6 Å². The van der Waals surface area contributed by atoms with E-state index in [4.69, 9.17) is 4.74 Å². The molecule has 1 aromatic heterocycles. The van der Waals surface area contributed by atoms with Gasteiger partial charge >= 0.3 is 6.09 Å². The molecule has 36 heavy (non-hydrogen) atoms. The van der Waals surface area contributed by atoms with E-state index in [1.54, 1.807) is 11.0 Å². The first-order chi connectivity index (χ1) is 17.5. The third-order valence-electron chi connectivity index (χ3n) is 7.25. The maximum atomic E-state index is 12.6. The molecule has 3 aliphatic rings. The van der Waals surface area contributed by atoms with Crippen LogP contribution in [0.4, 0.5) is 16.2 Å². The van der Waals surface area contributed by atoms with Gasteiger partial charge in [-0.1, -0.05) is 19.1 Å². The zero-order valence-corrected chi connectivity index (χ0v) is 20.9. The van der Waals surface area contributed by atoms with Crippen LogP contribution >= 0.6 is 11.8 Å². The summed E-state index contributed by atoms with van der Waals surface area (Å²) in [6.07, 6.45) is 1.98. The standard InChI is InChI=1S/C27H28N4O4S/c1-2-16-5-6-17-7-10-24(33)31-14-21(25(16)26(17)31)28-11-3-4-19-13-30(27(34)35-19)18-8-9-22-20(12-18)29-23(32)15-36-22/h5-10,12,19,21,28H,2-4,11,13-15H2,1H3,(H,29,32)/t19-,21+/m1/s1. The number of rotatable bonds is 7. The lowest BCUT2D eigenvalue weighted by Crippen LogP contribution is -2.27. The number of carbonyl (C=O) groups is 2. The van der Waals surface area contributed by atoms with Crippen LogP contribution in [0.5, 0.6) is 0 Å². The van der Waals surface area contributed by atoms with E-state index in [0.717, 1.165) is 53.0 Å². The van der Waals surface area contributed by atoms with Gasteiger partial charge in [0.2, 0.25) is 5.91 Å². The van der Waals surface area contributed by atoms with Crippen molar-refractivity contribution in [2.24, 2.45) is 0 Å². The number of aromatic nitrogens is 1. The molecule has 3 aromatic rings. The van der Waals surface area contributed by atoms with Crippen molar-refractivity contribution in [3.8, 4) is 0 Å². The average molecular weight is 505 g/mol. The van der Waals surface area contributed by atoms with Crippen LogP contribution in [-0.4, -0.2) is 41.5 Å². The Morgan fingerprint density at radius 1 is 1.11 bits per heavy atom. The Morgan fingerprint density at radius 3 is 2.83 bits per heavy atom. The zero-order chi connectivity index (χ0) is 24.8. The van der Waals surface area contributed by atoms with Crippen molar-refractivity contribution >= 4 is 46.0 Å². The molecule has 2 N–H and O–H groups in total. The van der Waals surface area contributed by atoms with Crippen LogP contribution in [0.25, 0.3) is 10.9 Å². The third-order valence-corrected chi connectivity index (χ3v) is 8.32. The minimum atomic E-state index is -0.354. The largest absolute Gasteiger partial charge is 0.444 e. The number of amides is 2. The summed E-state index contributed by atoms with van der Waals surface area (Å²) in [4.78, 5) is 39.4. The van der Waals surface area contributed by atoms with E-state index in [0.29, 0.717) is 18.8 Å². The van der Waals surface area contributed by atoms with E-state index in [1.807, 2.05) is 28.8 Å². The van der Waals surface area contributed by atoms with Crippen LogP contribution in [-0.2, 0) is 22.5 Å². The van der Waals surface area contributed by atoms with Gasteiger partial charge in [-0.25, -0.2) is 4.79 Å². The summed E-state index contributed by atoms with van der Waals surface area (Å²) in [6.45, 7) is 4.04. The number of aryl methyl sites for hydroxylation is 1. The molecule has 6 rings (SSSR count). The van der Waals surface area contributed by atoms with Crippen molar-refractivity contribution in [2.75, 3.05) is 29.1 Å². The van der Waals surface area contributed by atoms with E-state index < -0.39 is 0 Å². The predicted molar refractivity (Wildman–Crippen MR) is 141 cm³/mol. The number of pyridine rings is 1.